The number of carbonyl (C=O) groups excluding carboxylic acids is 2. The zero-order chi connectivity index (χ0) is 21.4. The van der Waals surface area contributed by atoms with Gasteiger partial charge in [-0.1, -0.05) is 49.7 Å². The lowest BCUT2D eigenvalue weighted by Crippen LogP contribution is -2.49. The zero-order valence-corrected chi connectivity index (χ0v) is 19.2. The SMILES string of the molecule is CCc1ccc(OCC(=O)N(Cc2ccccc2Cl)[C@@H](CC)C(=O)NC)c(Br)c1. The van der Waals surface area contributed by atoms with Crippen molar-refractivity contribution in [1.29, 1.82) is 0 Å². The highest BCUT2D eigenvalue weighted by Crippen LogP contribution is 2.26. The molecule has 2 aromatic carbocycles. The predicted octanol–water partition coefficient (Wildman–Crippen LogP) is 4.60. The minimum atomic E-state index is -0.613. The minimum absolute atomic E-state index is 0.179. The third kappa shape index (κ3) is 6.21. The molecule has 2 amide bonds. The average Bonchev–Trinajstić information content (AvgIpc) is 2.73. The van der Waals surface area contributed by atoms with Crippen LogP contribution in [0.25, 0.3) is 0 Å². The van der Waals surface area contributed by atoms with E-state index in [1.165, 1.54) is 10.5 Å². The van der Waals surface area contributed by atoms with Gasteiger partial charge in [-0.25, -0.2) is 0 Å². The van der Waals surface area contributed by atoms with E-state index in [0.717, 1.165) is 16.5 Å². The Morgan fingerprint density at radius 2 is 1.93 bits per heavy atom. The van der Waals surface area contributed by atoms with Gasteiger partial charge in [-0.15, -0.1) is 0 Å². The molecule has 0 saturated heterocycles. The number of rotatable bonds is 9. The lowest BCUT2D eigenvalue weighted by atomic mass is 10.1. The van der Waals surface area contributed by atoms with Crippen LogP contribution in [0.4, 0.5) is 0 Å². The van der Waals surface area contributed by atoms with Crippen LogP contribution in [-0.2, 0) is 22.6 Å². The number of carbonyl (C=O) groups is 2. The van der Waals surface area contributed by atoms with Gasteiger partial charge in [-0.3, -0.25) is 9.59 Å². The van der Waals surface area contributed by atoms with E-state index in [1.54, 1.807) is 13.1 Å². The maximum absolute atomic E-state index is 13.0. The maximum atomic E-state index is 13.0. The highest BCUT2D eigenvalue weighted by Gasteiger charge is 2.28. The van der Waals surface area contributed by atoms with Crippen LogP contribution in [0.15, 0.2) is 46.9 Å². The number of nitrogens with zero attached hydrogens (tertiary/aromatic N) is 1. The molecule has 2 rings (SSSR count). The third-order valence-electron chi connectivity index (χ3n) is 4.69. The monoisotopic (exact) mass is 480 g/mol. The van der Waals surface area contributed by atoms with Crippen LogP contribution in [0.2, 0.25) is 5.02 Å². The molecule has 0 heterocycles. The molecule has 0 bridgehead atoms. The molecule has 0 spiro atoms. The fourth-order valence-corrected chi connectivity index (χ4v) is 3.74. The van der Waals surface area contributed by atoms with Gasteiger partial charge in [0.25, 0.3) is 5.91 Å². The Balaban J connectivity index is 2.21. The smallest absolute Gasteiger partial charge is 0.261 e. The van der Waals surface area contributed by atoms with Gasteiger partial charge in [0.2, 0.25) is 5.91 Å². The van der Waals surface area contributed by atoms with Crippen molar-refractivity contribution in [2.75, 3.05) is 13.7 Å². The molecule has 5 nitrogen and oxygen atoms in total. The normalized spacial score (nSPS) is 11.6. The molecular weight excluding hydrogens is 456 g/mol. The molecule has 7 heteroatoms. The van der Waals surface area contributed by atoms with Crippen molar-refractivity contribution in [1.82, 2.24) is 10.2 Å². The highest BCUT2D eigenvalue weighted by molar-refractivity contribution is 9.10. The van der Waals surface area contributed by atoms with E-state index < -0.39 is 6.04 Å². The topological polar surface area (TPSA) is 58.6 Å². The van der Waals surface area contributed by atoms with Crippen molar-refractivity contribution in [3.63, 3.8) is 0 Å². The van der Waals surface area contributed by atoms with Gasteiger partial charge in [-0.05, 0) is 58.1 Å². The number of hydrogen-bond donors (Lipinski definition) is 1. The maximum Gasteiger partial charge on any atom is 0.261 e. The number of hydrogen-bond acceptors (Lipinski definition) is 3. The zero-order valence-electron chi connectivity index (χ0n) is 16.9. The Morgan fingerprint density at radius 1 is 1.21 bits per heavy atom. The Bertz CT molecular complexity index is 860. The van der Waals surface area contributed by atoms with Crippen LogP contribution in [0, 0.1) is 0 Å². The molecule has 0 radical (unpaired) electrons. The molecule has 0 aromatic heterocycles. The lowest BCUT2D eigenvalue weighted by molar-refractivity contribution is -0.142. The van der Waals surface area contributed by atoms with E-state index in [9.17, 15) is 9.59 Å². The average molecular weight is 482 g/mol. The van der Waals surface area contributed by atoms with E-state index in [4.69, 9.17) is 16.3 Å². The third-order valence-corrected chi connectivity index (χ3v) is 5.67. The molecule has 29 heavy (non-hydrogen) atoms. The second-order valence-electron chi connectivity index (χ2n) is 6.56. The summed E-state index contributed by atoms with van der Waals surface area (Å²) in [5, 5.41) is 3.18. The van der Waals surface area contributed by atoms with Crippen molar-refractivity contribution < 1.29 is 14.3 Å². The summed E-state index contributed by atoms with van der Waals surface area (Å²) in [6.45, 7) is 3.99. The fraction of sp³-hybridized carbons (Fsp3) is 0.364. The Kier molecular flexibility index (Phi) is 8.99. The van der Waals surface area contributed by atoms with Crippen LogP contribution < -0.4 is 10.1 Å². The Labute approximate surface area is 185 Å². The number of aryl methyl sites for hydroxylation is 1. The Hall–Kier alpha value is -2.05. The minimum Gasteiger partial charge on any atom is -0.483 e. The first-order chi connectivity index (χ1) is 13.9. The van der Waals surface area contributed by atoms with Gasteiger partial charge in [0.15, 0.2) is 6.61 Å². The van der Waals surface area contributed by atoms with Gasteiger partial charge < -0.3 is 15.0 Å². The van der Waals surface area contributed by atoms with Crippen molar-refractivity contribution in [3.05, 3.63) is 63.1 Å². The summed E-state index contributed by atoms with van der Waals surface area (Å²) in [5.41, 5.74) is 1.94. The van der Waals surface area contributed by atoms with Crippen LogP contribution in [0.1, 0.15) is 31.4 Å². The molecule has 1 atom stereocenters. The molecule has 0 aliphatic carbocycles. The van der Waals surface area contributed by atoms with Crippen molar-refractivity contribution >= 4 is 39.3 Å². The predicted molar refractivity (Wildman–Crippen MR) is 119 cm³/mol. The molecule has 0 saturated carbocycles. The number of halogens is 2. The summed E-state index contributed by atoms with van der Waals surface area (Å²) in [7, 11) is 1.56. The summed E-state index contributed by atoms with van der Waals surface area (Å²) in [6.07, 6.45) is 1.39. The molecule has 0 aliphatic heterocycles. The van der Waals surface area contributed by atoms with E-state index in [-0.39, 0.29) is 25.0 Å². The molecule has 0 fully saturated rings. The van der Waals surface area contributed by atoms with Gasteiger partial charge >= 0.3 is 0 Å². The second-order valence-corrected chi connectivity index (χ2v) is 7.82. The van der Waals surface area contributed by atoms with Crippen molar-refractivity contribution in [2.24, 2.45) is 0 Å². The van der Waals surface area contributed by atoms with Gasteiger partial charge in [0.05, 0.1) is 4.47 Å². The van der Waals surface area contributed by atoms with E-state index in [0.29, 0.717) is 17.2 Å². The quantitative estimate of drug-likeness (QED) is 0.569. The fourth-order valence-electron chi connectivity index (χ4n) is 3.00. The van der Waals surface area contributed by atoms with Gasteiger partial charge in [0, 0.05) is 18.6 Å². The largest absolute Gasteiger partial charge is 0.483 e. The molecule has 0 aliphatic rings. The number of amides is 2. The van der Waals surface area contributed by atoms with Crippen molar-refractivity contribution in [2.45, 2.75) is 39.3 Å². The first-order valence-electron chi connectivity index (χ1n) is 9.56. The number of ether oxygens (including phenoxy) is 1. The first kappa shape index (κ1) is 23.2. The standard InChI is InChI=1S/C22H26BrClN2O3/c1-4-15-10-11-20(17(23)12-15)29-14-21(27)26(19(5-2)22(28)25-3)13-16-8-6-7-9-18(16)24/h6-12,19H,4-5,13-14H2,1-3H3,(H,25,28)/t19-/m0/s1. The van der Waals surface area contributed by atoms with Crippen LogP contribution in [0.5, 0.6) is 5.75 Å². The highest BCUT2D eigenvalue weighted by atomic mass is 79.9. The first-order valence-corrected chi connectivity index (χ1v) is 10.7. The summed E-state index contributed by atoms with van der Waals surface area (Å²) >= 11 is 9.76. The van der Waals surface area contributed by atoms with E-state index in [1.807, 2.05) is 43.3 Å². The number of likely N-dealkylation sites (N-methyl/N-ethyl adjacent to an activating group) is 1. The summed E-state index contributed by atoms with van der Waals surface area (Å²) < 4.78 is 6.54. The molecule has 1 N–H and O–H groups in total. The summed E-state index contributed by atoms with van der Waals surface area (Å²) in [4.78, 5) is 26.9. The van der Waals surface area contributed by atoms with E-state index >= 15 is 0 Å². The van der Waals surface area contributed by atoms with Crippen LogP contribution in [0.3, 0.4) is 0 Å². The summed E-state index contributed by atoms with van der Waals surface area (Å²) in [6, 6.07) is 12.5. The molecule has 0 unspecified atom stereocenters. The van der Waals surface area contributed by atoms with Crippen LogP contribution in [-0.4, -0.2) is 36.4 Å². The van der Waals surface area contributed by atoms with E-state index in [2.05, 4.69) is 28.2 Å². The molecular formula is C22H26BrClN2O3. The van der Waals surface area contributed by atoms with Crippen molar-refractivity contribution in [3.8, 4) is 5.75 Å². The number of benzene rings is 2. The van der Waals surface area contributed by atoms with Crippen LogP contribution >= 0.6 is 27.5 Å². The van der Waals surface area contributed by atoms with Gasteiger partial charge in [-0.2, -0.15) is 0 Å². The summed E-state index contributed by atoms with van der Waals surface area (Å²) in [5.74, 6) is 0.0782. The number of nitrogens with one attached hydrogen (secondary N) is 1. The van der Waals surface area contributed by atoms with Gasteiger partial charge in [0.1, 0.15) is 11.8 Å². The Morgan fingerprint density at radius 3 is 2.52 bits per heavy atom. The lowest BCUT2D eigenvalue weighted by Gasteiger charge is -2.30. The molecule has 2 aromatic rings. The molecule has 156 valence electrons. The second kappa shape index (κ2) is 11.2.